The molecule has 0 N–H and O–H groups in total. The van der Waals surface area contributed by atoms with Gasteiger partial charge in [-0.05, 0) is 22.6 Å². The molecule has 0 heterocycles. The molecule has 0 saturated carbocycles. The Morgan fingerprint density at radius 3 is 2.18 bits per heavy atom. The molecule has 0 atom stereocenters. The van der Waals surface area contributed by atoms with Crippen LogP contribution < -0.4 is 0 Å². The van der Waals surface area contributed by atoms with Crippen molar-refractivity contribution in [3.8, 4) is 0 Å². The maximum absolute atomic E-state index is 10.7. The number of carbonyl (C=O) groups excluding carboxylic acids is 2. The number of ether oxygens (including phenoxy) is 2. The van der Waals surface area contributed by atoms with Crippen molar-refractivity contribution in [3.63, 3.8) is 0 Å². The first-order valence-corrected chi connectivity index (χ1v) is 3.73. The lowest BCUT2D eigenvalue weighted by Gasteiger charge is -1.95. The van der Waals surface area contributed by atoms with Crippen LogP contribution in [0, 0.1) is 0 Å². The molecule has 0 aromatic carbocycles. The first kappa shape index (κ1) is 10.4. The van der Waals surface area contributed by atoms with Gasteiger partial charge in [-0.1, -0.05) is 0 Å². The fraction of sp³-hybridized carbons (Fsp3) is 0.333. The SMILES string of the molecule is COC(=O)/C=C(\I)C(=O)OC. The van der Waals surface area contributed by atoms with Gasteiger partial charge in [-0.3, -0.25) is 0 Å². The molecule has 62 valence electrons. The van der Waals surface area contributed by atoms with Crippen molar-refractivity contribution in [3.05, 3.63) is 9.66 Å². The van der Waals surface area contributed by atoms with Gasteiger partial charge in [-0.2, -0.15) is 0 Å². The molecule has 0 saturated heterocycles. The van der Waals surface area contributed by atoms with Crippen LogP contribution in [0.5, 0.6) is 0 Å². The molecule has 0 spiro atoms. The predicted molar refractivity (Wildman–Crippen MR) is 46.1 cm³/mol. The van der Waals surface area contributed by atoms with Gasteiger partial charge in [0.1, 0.15) is 3.58 Å². The molecule has 0 aliphatic carbocycles. The third kappa shape index (κ3) is 3.97. The molecule has 0 rings (SSSR count). The third-order valence-corrected chi connectivity index (χ3v) is 1.58. The molecule has 0 unspecified atom stereocenters. The summed E-state index contributed by atoms with van der Waals surface area (Å²) in [7, 11) is 2.48. The summed E-state index contributed by atoms with van der Waals surface area (Å²) >= 11 is 1.69. The lowest BCUT2D eigenvalue weighted by molar-refractivity contribution is -0.137. The van der Waals surface area contributed by atoms with Crippen molar-refractivity contribution in [1.82, 2.24) is 0 Å². The molecule has 0 bridgehead atoms. The second-order valence-electron chi connectivity index (χ2n) is 1.51. The van der Waals surface area contributed by atoms with E-state index in [9.17, 15) is 9.59 Å². The van der Waals surface area contributed by atoms with E-state index >= 15 is 0 Å². The quantitative estimate of drug-likeness (QED) is 0.420. The summed E-state index contributed by atoms with van der Waals surface area (Å²) < 4.78 is 8.81. The number of hydrogen-bond acceptors (Lipinski definition) is 4. The van der Waals surface area contributed by atoms with Gasteiger partial charge in [-0.25, -0.2) is 9.59 Å². The van der Waals surface area contributed by atoms with E-state index in [4.69, 9.17) is 0 Å². The van der Waals surface area contributed by atoms with E-state index < -0.39 is 11.9 Å². The highest BCUT2D eigenvalue weighted by molar-refractivity contribution is 14.1. The van der Waals surface area contributed by atoms with E-state index in [1.165, 1.54) is 14.2 Å². The molecular weight excluding hydrogens is 263 g/mol. The van der Waals surface area contributed by atoms with Crippen LogP contribution in [0.4, 0.5) is 0 Å². The fourth-order valence-corrected chi connectivity index (χ4v) is 0.793. The standard InChI is InChI=1S/C6H7IO4/c1-10-5(8)3-4(7)6(9)11-2/h3H,1-2H3/b4-3-. The lowest BCUT2D eigenvalue weighted by atomic mass is 10.5. The minimum absolute atomic E-state index is 0.192. The molecule has 0 aliphatic heterocycles. The molecule has 0 amide bonds. The number of halogens is 1. The summed E-state index contributed by atoms with van der Waals surface area (Å²) in [5.74, 6) is -1.11. The van der Waals surface area contributed by atoms with Gasteiger partial charge < -0.3 is 9.47 Å². The predicted octanol–water partition coefficient (Wildman–Crippen LogP) is 0.651. The van der Waals surface area contributed by atoms with Crippen LogP contribution in [0.3, 0.4) is 0 Å². The second kappa shape index (κ2) is 5.11. The monoisotopic (exact) mass is 270 g/mol. The Morgan fingerprint density at radius 2 is 1.82 bits per heavy atom. The lowest BCUT2D eigenvalue weighted by Crippen LogP contribution is -2.03. The van der Waals surface area contributed by atoms with Crippen molar-refractivity contribution in [2.45, 2.75) is 0 Å². The Balaban J connectivity index is 4.21. The van der Waals surface area contributed by atoms with Crippen molar-refractivity contribution >= 4 is 34.5 Å². The Labute approximate surface area is 77.7 Å². The minimum Gasteiger partial charge on any atom is -0.466 e. The zero-order chi connectivity index (χ0) is 8.85. The van der Waals surface area contributed by atoms with Gasteiger partial charge in [0, 0.05) is 6.08 Å². The van der Waals surface area contributed by atoms with Crippen LogP contribution in [-0.4, -0.2) is 26.2 Å². The molecule has 5 heteroatoms. The third-order valence-electron chi connectivity index (χ3n) is 0.826. The Morgan fingerprint density at radius 1 is 1.27 bits per heavy atom. The first-order chi connectivity index (χ1) is 5.11. The van der Waals surface area contributed by atoms with Gasteiger partial charge in [0.15, 0.2) is 0 Å². The van der Waals surface area contributed by atoms with Crippen molar-refractivity contribution in [2.75, 3.05) is 14.2 Å². The van der Waals surface area contributed by atoms with Crippen LogP contribution >= 0.6 is 22.6 Å². The summed E-state index contributed by atoms with van der Waals surface area (Å²) in [6.45, 7) is 0. The molecule has 4 nitrogen and oxygen atoms in total. The van der Waals surface area contributed by atoms with Gasteiger partial charge >= 0.3 is 11.9 Å². The Kier molecular flexibility index (Phi) is 4.84. The highest BCUT2D eigenvalue weighted by atomic mass is 127. The normalized spacial score (nSPS) is 10.6. The fourth-order valence-electron chi connectivity index (χ4n) is 0.319. The molecule has 0 fully saturated rings. The van der Waals surface area contributed by atoms with Crippen LogP contribution in [0.25, 0.3) is 0 Å². The maximum atomic E-state index is 10.7. The summed E-state index contributed by atoms with van der Waals surface area (Å²) in [4.78, 5) is 21.2. The molecular formula is C6H7IO4. The van der Waals surface area contributed by atoms with Gasteiger partial charge in [-0.15, -0.1) is 0 Å². The Bertz CT molecular complexity index is 197. The van der Waals surface area contributed by atoms with Crippen molar-refractivity contribution < 1.29 is 19.1 Å². The highest BCUT2D eigenvalue weighted by Crippen LogP contribution is 2.07. The zero-order valence-electron chi connectivity index (χ0n) is 6.09. The van der Waals surface area contributed by atoms with Crippen LogP contribution in [-0.2, 0) is 19.1 Å². The summed E-state index contributed by atoms with van der Waals surface area (Å²) in [6.07, 6.45) is 1.06. The highest BCUT2D eigenvalue weighted by Gasteiger charge is 2.07. The van der Waals surface area contributed by atoms with Crippen LogP contribution in [0.1, 0.15) is 0 Å². The average Bonchev–Trinajstić information content (AvgIpc) is 2.02. The minimum atomic E-state index is -0.570. The average molecular weight is 270 g/mol. The van der Waals surface area contributed by atoms with E-state index in [0.29, 0.717) is 0 Å². The van der Waals surface area contributed by atoms with Gasteiger partial charge in [0.2, 0.25) is 0 Å². The maximum Gasteiger partial charge on any atom is 0.344 e. The van der Waals surface area contributed by atoms with Crippen LogP contribution in [0.15, 0.2) is 9.66 Å². The number of hydrogen-bond donors (Lipinski definition) is 0. The number of methoxy groups -OCH3 is 2. The van der Waals surface area contributed by atoms with Crippen LogP contribution in [0.2, 0.25) is 0 Å². The van der Waals surface area contributed by atoms with E-state index in [1.54, 1.807) is 22.6 Å². The topological polar surface area (TPSA) is 52.6 Å². The second-order valence-corrected chi connectivity index (χ2v) is 2.67. The van der Waals surface area contributed by atoms with Gasteiger partial charge in [0.05, 0.1) is 14.2 Å². The van der Waals surface area contributed by atoms with Crippen molar-refractivity contribution in [2.24, 2.45) is 0 Å². The van der Waals surface area contributed by atoms with E-state index in [1.807, 2.05) is 0 Å². The summed E-state index contributed by atoms with van der Waals surface area (Å²) in [5.41, 5.74) is 0. The van der Waals surface area contributed by atoms with Crippen molar-refractivity contribution in [1.29, 1.82) is 0 Å². The van der Waals surface area contributed by atoms with E-state index in [0.717, 1.165) is 6.08 Å². The molecule has 0 aromatic rings. The zero-order valence-corrected chi connectivity index (χ0v) is 8.25. The molecule has 0 aromatic heterocycles. The van der Waals surface area contributed by atoms with E-state index in [-0.39, 0.29) is 3.58 Å². The van der Waals surface area contributed by atoms with Gasteiger partial charge in [0.25, 0.3) is 0 Å². The first-order valence-electron chi connectivity index (χ1n) is 2.65. The summed E-state index contributed by atoms with van der Waals surface area (Å²) in [5, 5.41) is 0. The number of esters is 2. The smallest absolute Gasteiger partial charge is 0.344 e. The Hall–Kier alpha value is -0.590. The number of rotatable bonds is 2. The molecule has 0 aliphatic rings. The van der Waals surface area contributed by atoms with E-state index in [2.05, 4.69) is 9.47 Å². The molecule has 11 heavy (non-hydrogen) atoms. The number of carbonyl (C=O) groups is 2. The largest absolute Gasteiger partial charge is 0.466 e. The summed E-state index contributed by atoms with van der Waals surface area (Å²) in [6, 6.07) is 0. The molecule has 0 radical (unpaired) electrons.